The van der Waals surface area contributed by atoms with E-state index in [1.807, 2.05) is 58.8 Å². The van der Waals surface area contributed by atoms with Gasteiger partial charge in [-0.3, -0.25) is 9.36 Å². The number of hydrogen-bond acceptors (Lipinski definition) is 2. The number of halogens is 1. The Hall–Kier alpha value is -2.40. The van der Waals surface area contributed by atoms with Crippen LogP contribution < -0.4 is 10.1 Å². The second-order valence-electron chi connectivity index (χ2n) is 5.23. The third-order valence-electron chi connectivity index (χ3n) is 3.99. The second-order valence-corrected chi connectivity index (χ2v) is 5.61. The van der Waals surface area contributed by atoms with Crippen molar-refractivity contribution >= 4 is 39.4 Å². The van der Waals surface area contributed by atoms with Gasteiger partial charge >= 0.3 is 11.4 Å². The molecule has 0 amide bonds. The molecule has 0 radical (unpaired) electrons. The van der Waals surface area contributed by atoms with Gasteiger partial charge in [0.2, 0.25) is 0 Å². The van der Waals surface area contributed by atoms with Crippen LogP contribution in [-0.4, -0.2) is 19.8 Å². The standard InChI is InChI=1S/C16H14ClN4O/c1-19-12-6-2-3-7-13(12)21-15(22)11-5-4-9-20(10-8-17)14(11)18-16(19)21/h2-7,9H,8,10H2,1H3/q+1. The zero-order chi connectivity index (χ0) is 15.3. The summed E-state index contributed by atoms with van der Waals surface area (Å²) in [6.07, 6.45) is 1.90. The predicted molar refractivity (Wildman–Crippen MR) is 86.4 cm³/mol. The van der Waals surface area contributed by atoms with E-state index in [0.717, 1.165) is 11.0 Å². The van der Waals surface area contributed by atoms with Gasteiger partial charge in [-0.05, 0) is 29.2 Å². The molecule has 6 heteroatoms. The smallest absolute Gasteiger partial charge is 0.291 e. The highest BCUT2D eigenvalue weighted by atomic mass is 35.5. The summed E-state index contributed by atoms with van der Waals surface area (Å²) in [7, 11) is 1.92. The fraction of sp³-hybridized carbons (Fsp3) is 0.188. The number of fused-ring (bicyclic) bond motifs is 4. The average molecular weight is 314 g/mol. The number of aryl methyl sites for hydroxylation is 2. The number of rotatable bonds is 2. The highest BCUT2D eigenvalue weighted by Crippen LogP contribution is 2.17. The number of pyridine rings is 1. The minimum Gasteiger partial charge on any atom is -0.291 e. The fourth-order valence-corrected chi connectivity index (χ4v) is 3.13. The molecule has 5 nitrogen and oxygen atoms in total. The third-order valence-corrected chi connectivity index (χ3v) is 4.16. The molecule has 4 rings (SSSR count). The van der Waals surface area contributed by atoms with Gasteiger partial charge in [-0.15, -0.1) is 11.6 Å². The Kier molecular flexibility index (Phi) is 2.90. The Morgan fingerprint density at radius 2 is 1.95 bits per heavy atom. The van der Waals surface area contributed by atoms with Crippen LogP contribution in [0.3, 0.4) is 0 Å². The van der Waals surface area contributed by atoms with E-state index < -0.39 is 0 Å². The summed E-state index contributed by atoms with van der Waals surface area (Å²) in [6.45, 7) is 0.617. The number of alkyl halides is 1. The maximum Gasteiger partial charge on any atom is 0.340 e. The molecule has 4 aromatic rings. The highest BCUT2D eigenvalue weighted by molar-refractivity contribution is 6.17. The van der Waals surface area contributed by atoms with Crippen LogP contribution >= 0.6 is 11.6 Å². The first-order valence-electron chi connectivity index (χ1n) is 7.06. The zero-order valence-electron chi connectivity index (χ0n) is 12.0. The van der Waals surface area contributed by atoms with Crippen molar-refractivity contribution in [1.29, 1.82) is 0 Å². The Bertz CT molecular complexity index is 1080. The SMILES string of the molecule is Cn1c2ccccc2n2c(=O)c3ccc[n+](CCCl)c3nc12. The van der Waals surface area contributed by atoms with Gasteiger partial charge in [0, 0.05) is 7.05 Å². The van der Waals surface area contributed by atoms with Gasteiger partial charge in [-0.2, -0.15) is 0 Å². The lowest BCUT2D eigenvalue weighted by atomic mass is 10.3. The molecule has 110 valence electrons. The number of imidazole rings is 1. The fourth-order valence-electron chi connectivity index (χ4n) is 2.95. The predicted octanol–water partition coefficient (Wildman–Crippen LogP) is 1.87. The van der Waals surface area contributed by atoms with Crippen LogP contribution in [0.4, 0.5) is 0 Å². The van der Waals surface area contributed by atoms with Crippen LogP contribution in [0.25, 0.3) is 27.8 Å². The van der Waals surface area contributed by atoms with Crippen molar-refractivity contribution in [3.8, 4) is 0 Å². The van der Waals surface area contributed by atoms with Gasteiger partial charge < -0.3 is 0 Å². The minimum absolute atomic E-state index is 0.0549. The molecule has 22 heavy (non-hydrogen) atoms. The molecule has 0 saturated heterocycles. The molecule has 0 N–H and O–H groups in total. The van der Waals surface area contributed by atoms with Crippen molar-refractivity contribution in [2.24, 2.45) is 7.05 Å². The summed E-state index contributed by atoms with van der Waals surface area (Å²) < 4.78 is 5.53. The Labute approximate surface area is 131 Å². The molecule has 3 aromatic heterocycles. The molecule has 0 bridgehead atoms. The number of hydrogen-bond donors (Lipinski definition) is 0. The van der Waals surface area contributed by atoms with E-state index in [-0.39, 0.29) is 5.56 Å². The molecule has 1 aromatic carbocycles. The number of aromatic nitrogens is 4. The third kappa shape index (κ3) is 1.69. The molecular formula is C16H14ClN4O+. The lowest BCUT2D eigenvalue weighted by Crippen LogP contribution is -2.37. The van der Waals surface area contributed by atoms with Gasteiger partial charge in [0.1, 0.15) is 11.9 Å². The Morgan fingerprint density at radius 1 is 1.18 bits per heavy atom. The second kappa shape index (κ2) is 4.81. The van der Waals surface area contributed by atoms with Crippen LogP contribution in [0.5, 0.6) is 0 Å². The molecule has 0 saturated carbocycles. The minimum atomic E-state index is -0.0549. The number of para-hydroxylation sites is 2. The lowest BCUT2D eigenvalue weighted by Gasteiger charge is -2.00. The van der Waals surface area contributed by atoms with Gasteiger partial charge in [-0.1, -0.05) is 12.1 Å². The molecule has 0 spiro atoms. The summed E-state index contributed by atoms with van der Waals surface area (Å²) in [5.74, 6) is 1.10. The normalized spacial score (nSPS) is 11.7. The van der Waals surface area contributed by atoms with Crippen LogP contribution in [-0.2, 0) is 13.6 Å². The van der Waals surface area contributed by atoms with E-state index in [9.17, 15) is 4.79 Å². The van der Waals surface area contributed by atoms with Crippen LogP contribution in [0, 0.1) is 0 Å². The van der Waals surface area contributed by atoms with E-state index in [2.05, 4.69) is 0 Å². The highest BCUT2D eigenvalue weighted by Gasteiger charge is 2.21. The van der Waals surface area contributed by atoms with E-state index in [1.54, 1.807) is 4.40 Å². The molecular weight excluding hydrogens is 300 g/mol. The number of benzene rings is 1. The van der Waals surface area contributed by atoms with E-state index in [4.69, 9.17) is 16.6 Å². The van der Waals surface area contributed by atoms with Crippen molar-refractivity contribution in [2.75, 3.05) is 5.88 Å². The molecule has 0 atom stereocenters. The monoisotopic (exact) mass is 313 g/mol. The van der Waals surface area contributed by atoms with E-state index >= 15 is 0 Å². The van der Waals surface area contributed by atoms with Crippen LogP contribution in [0.1, 0.15) is 0 Å². The molecule has 0 unspecified atom stereocenters. The lowest BCUT2D eigenvalue weighted by molar-refractivity contribution is -0.668. The molecule has 0 aliphatic carbocycles. The number of nitrogens with zero attached hydrogens (tertiary/aromatic N) is 4. The van der Waals surface area contributed by atoms with Gasteiger partial charge in [0.15, 0.2) is 0 Å². The van der Waals surface area contributed by atoms with E-state index in [1.165, 1.54) is 0 Å². The molecule has 0 aliphatic heterocycles. The molecule has 3 heterocycles. The zero-order valence-corrected chi connectivity index (χ0v) is 12.8. The summed E-state index contributed by atoms with van der Waals surface area (Å²) >= 11 is 5.85. The summed E-state index contributed by atoms with van der Waals surface area (Å²) in [5, 5.41) is 0.599. The first-order chi connectivity index (χ1) is 10.7. The van der Waals surface area contributed by atoms with Crippen molar-refractivity contribution < 1.29 is 4.57 Å². The first-order valence-corrected chi connectivity index (χ1v) is 7.60. The largest absolute Gasteiger partial charge is 0.340 e. The van der Waals surface area contributed by atoms with Crippen molar-refractivity contribution in [3.05, 3.63) is 52.9 Å². The van der Waals surface area contributed by atoms with Crippen molar-refractivity contribution in [3.63, 3.8) is 0 Å². The van der Waals surface area contributed by atoms with E-state index in [0.29, 0.717) is 29.2 Å². The maximum absolute atomic E-state index is 12.9. The van der Waals surface area contributed by atoms with Crippen LogP contribution in [0.15, 0.2) is 47.4 Å². The molecule has 0 fully saturated rings. The van der Waals surface area contributed by atoms with Crippen LogP contribution in [0.2, 0.25) is 0 Å². The Morgan fingerprint density at radius 3 is 2.73 bits per heavy atom. The quantitative estimate of drug-likeness (QED) is 0.419. The van der Waals surface area contributed by atoms with Gasteiger partial charge in [0.25, 0.3) is 5.56 Å². The van der Waals surface area contributed by atoms with Gasteiger partial charge in [-0.25, -0.2) is 8.97 Å². The van der Waals surface area contributed by atoms with Crippen molar-refractivity contribution in [1.82, 2.24) is 14.0 Å². The topological polar surface area (TPSA) is 43.2 Å². The first kappa shape index (κ1) is 13.3. The Balaban J connectivity index is 2.27. The summed E-state index contributed by atoms with van der Waals surface area (Å²) in [6, 6.07) is 11.5. The summed E-state index contributed by atoms with van der Waals surface area (Å²) in [5.41, 5.74) is 2.46. The molecule has 0 aliphatic rings. The average Bonchev–Trinajstić information content (AvgIpc) is 2.82. The van der Waals surface area contributed by atoms with Gasteiger partial charge in [0.05, 0.1) is 23.1 Å². The summed E-state index contributed by atoms with van der Waals surface area (Å²) in [4.78, 5) is 17.7. The van der Waals surface area contributed by atoms with Crippen molar-refractivity contribution in [2.45, 2.75) is 6.54 Å². The maximum atomic E-state index is 12.9.